The van der Waals surface area contributed by atoms with Crippen LogP contribution in [0.2, 0.25) is 0 Å². The predicted molar refractivity (Wildman–Crippen MR) is 78.9 cm³/mol. The minimum atomic E-state index is -0.102. The lowest BCUT2D eigenvalue weighted by Gasteiger charge is -2.15. The fourth-order valence-electron chi connectivity index (χ4n) is 3.13. The number of aromatic nitrogens is 5. The van der Waals surface area contributed by atoms with Gasteiger partial charge in [0.25, 0.3) is 5.91 Å². The molecule has 4 rings (SSSR count). The molecule has 1 amide bonds. The van der Waals surface area contributed by atoms with Crippen molar-refractivity contribution in [3.8, 4) is 11.4 Å². The molecule has 2 saturated carbocycles. The summed E-state index contributed by atoms with van der Waals surface area (Å²) in [4.78, 5) is 16.7. The number of amides is 1. The van der Waals surface area contributed by atoms with Crippen molar-refractivity contribution in [2.75, 3.05) is 6.54 Å². The summed E-state index contributed by atoms with van der Waals surface area (Å²) in [7, 11) is 0. The number of hydrogen-bond donors (Lipinski definition) is 2. The van der Waals surface area contributed by atoms with Crippen LogP contribution in [0.15, 0.2) is 12.1 Å². The molecular formula is C15H18N6O. The summed E-state index contributed by atoms with van der Waals surface area (Å²) in [6.07, 6.45) is 5.15. The smallest absolute Gasteiger partial charge is 0.269 e. The molecule has 2 aliphatic carbocycles. The number of rotatable bonds is 5. The van der Waals surface area contributed by atoms with Crippen LogP contribution in [0, 0.1) is 18.3 Å². The maximum atomic E-state index is 12.3. The van der Waals surface area contributed by atoms with Gasteiger partial charge in [-0.25, -0.2) is 4.98 Å². The monoisotopic (exact) mass is 298 g/mol. The van der Waals surface area contributed by atoms with Gasteiger partial charge in [-0.1, -0.05) is 0 Å². The van der Waals surface area contributed by atoms with Crippen LogP contribution in [0.3, 0.4) is 0 Å². The second-order valence-electron chi connectivity index (χ2n) is 6.38. The number of carbonyl (C=O) groups is 1. The first kappa shape index (κ1) is 13.4. The van der Waals surface area contributed by atoms with Gasteiger partial charge < -0.3 is 5.32 Å². The van der Waals surface area contributed by atoms with Crippen molar-refractivity contribution in [2.24, 2.45) is 11.3 Å². The molecule has 2 fully saturated rings. The van der Waals surface area contributed by atoms with Crippen molar-refractivity contribution in [3.63, 3.8) is 0 Å². The lowest BCUT2D eigenvalue weighted by molar-refractivity contribution is 0.0937. The molecule has 22 heavy (non-hydrogen) atoms. The van der Waals surface area contributed by atoms with E-state index in [0.29, 0.717) is 16.9 Å². The van der Waals surface area contributed by atoms with Crippen molar-refractivity contribution in [2.45, 2.75) is 32.6 Å². The molecule has 0 radical (unpaired) electrons. The Morgan fingerprint density at radius 2 is 2.23 bits per heavy atom. The van der Waals surface area contributed by atoms with Gasteiger partial charge in [-0.05, 0) is 61.3 Å². The molecule has 2 heterocycles. The topological polar surface area (TPSA) is 96.5 Å². The average molecular weight is 298 g/mol. The van der Waals surface area contributed by atoms with E-state index in [9.17, 15) is 4.79 Å². The molecule has 2 N–H and O–H groups in total. The summed E-state index contributed by atoms with van der Waals surface area (Å²) < 4.78 is 0. The Bertz CT molecular complexity index is 703. The number of nitrogens with one attached hydrogen (secondary N) is 2. The molecule has 0 spiro atoms. The Hall–Kier alpha value is -2.31. The first-order chi connectivity index (χ1) is 10.7. The Kier molecular flexibility index (Phi) is 2.95. The standard InChI is InChI=1S/C15H18N6O/c1-9-11(13-18-20-21-19-13)4-5-12(17-9)14(22)16-8-15(6-7-15)10-2-3-10/h4-5,10H,2-3,6-8H2,1H3,(H,16,22)(H,18,19,20,21). The normalized spacial score (nSPS) is 19.0. The molecular weight excluding hydrogens is 280 g/mol. The van der Waals surface area contributed by atoms with Gasteiger partial charge in [-0.2, -0.15) is 5.21 Å². The Morgan fingerprint density at radius 3 is 2.82 bits per heavy atom. The van der Waals surface area contributed by atoms with Crippen molar-refractivity contribution in [1.82, 2.24) is 30.9 Å². The highest BCUT2D eigenvalue weighted by Crippen LogP contribution is 2.60. The second kappa shape index (κ2) is 4.86. The molecule has 0 saturated heterocycles. The maximum Gasteiger partial charge on any atom is 0.269 e. The third kappa shape index (κ3) is 2.36. The lowest BCUT2D eigenvalue weighted by atomic mass is 10.0. The number of aromatic amines is 1. The van der Waals surface area contributed by atoms with Crippen molar-refractivity contribution in [3.05, 3.63) is 23.5 Å². The first-order valence-electron chi connectivity index (χ1n) is 7.68. The van der Waals surface area contributed by atoms with Crippen LogP contribution >= 0.6 is 0 Å². The summed E-state index contributed by atoms with van der Waals surface area (Å²) in [6.45, 7) is 2.62. The summed E-state index contributed by atoms with van der Waals surface area (Å²) in [5.41, 5.74) is 2.34. The van der Waals surface area contributed by atoms with Gasteiger partial charge in [0.15, 0.2) is 0 Å². The number of nitrogens with zero attached hydrogens (tertiary/aromatic N) is 4. The zero-order chi connectivity index (χ0) is 15.2. The van der Waals surface area contributed by atoms with Crippen LogP contribution in [0.5, 0.6) is 0 Å². The van der Waals surface area contributed by atoms with E-state index in [0.717, 1.165) is 23.7 Å². The van der Waals surface area contributed by atoms with E-state index in [1.807, 2.05) is 13.0 Å². The first-order valence-corrected chi connectivity index (χ1v) is 7.68. The van der Waals surface area contributed by atoms with E-state index < -0.39 is 0 Å². The molecule has 0 unspecified atom stereocenters. The number of H-pyrrole nitrogens is 1. The molecule has 0 aliphatic heterocycles. The quantitative estimate of drug-likeness (QED) is 0.871. The van der Waals surface area contributed by atoms with Gasteiger partial charge in [0.2, 0.25) is 5.82 Å². The van der Waals surface area contributed by atoms with Crippen molar-refractivity contribution in [1.29, 1.82) is 0 Å². The highest BCUT2D eigenvalue weighted by molar-refractivity contribution is 5.92. The molecule has 7 heteroatoms. The van der Waals surface area contributed by atoms with Gasteiger partial charge in [0.05, 0.1) is 0 Å². The number of hydrogen-bond acceptors (Lipinski definition) is 5. The zero-order valence-corrected chi connectivity index (χ0v) is 12.5. The third-order valence-corrected chi connectivity index (χ3v) is 4.84. The van der Waals surface area contributed by atoms with E-state index in [2.05, 4.69) is 30.9 Å². The fourth-order valence-corrected chi connectivity index (χ4v) is 3.13. The van der Waals surface area contributed by atoms with Crippen LogP contribution in [-0.4, -0.2) is 38.1 Å². The van der Waals surface area contributed by atoms with Crippen molar-refractivity contribution < 1.29 is 4.79 Å². The van der Waals surface area contributed by atoms with Crippen molar-refractivity contribution >= 4 is 5.91 Å². The summed E-state index contributed by atoms with van der Waals surface area (Å²) in [6, 6.07) is 3.53. The minimum absolute atomic E-state index is 0.102. The molecule has 2 aliphatic rings. The second-order valence-corrected chi connectivity index (χ2v) is 6.38. The number of aryl methyl sites for hydroxylation is 1. The van der Waals surface area contributed by atoms with E-state index in [4.69, 9.17) is 0 Å². The van der Waals surface area contributed by atoms with Crippen LogP contribution < -0.4 is 5.32 Å². The minimum Gasteiger partial charge on any atom is -0.350 e. The maximum absolute atomic E-state index is 12.3. The number of carbonyl (C=O) groups excluding carboxylic acids is 1. The molecule has 7 nitrogen and oxygen atoms in total. The van der Waals surface area contributed by atoms with Crippen LogP contribution in [0.4, 0.5) is 0 Å². The van der Waals surface area contributed by atoms with Gasteiger partial charge in [-0.15, -0.1) is 10.2 Å². The van der Waals surface area contributed by atoms with E-state index >= 15 is 0 Å². The van der Waals surface area contributed by atoms with Crippen LogP contribution in [0.1, 0.15) is 41.9 Å². The molecule has 0 aromatic carbocycles. The summed E-state index contributed by atoms with van der Waals surface area (Å²) >= 11 is 0. The molecule has 2 aromatic heterocycles. The molecule has 0 bridgehead atoms. The van der Waals surface area contributed by atoms with Crippen LogP contribution in [0.25, 0.3) is 11.4 Å². The molecule has 2 aromatic rings. The predicted octanol–water partition coefficient (Wildman–Crippen LogP) is 1.49. The number of tetrazole rings is 1. The summed E-state index contributed by atoms with van der Waals surface area (Å²) in [5, 5.41) is 16.9. The largest absolute Gasteiger partial charge is 0.350 e. The molecule has 114 valence electrons. The van der Waals surface area contributed by atoms with Gasteiger partial charge >= 0.3 is 0 Å². The average Bonchev–Trinajstić information content (AvgIpc) is 3.43. The van der Waals surface area contributed by atoms with Crippen LogP contribution in [-0.2, 0) is 0 Å². The lowest BCUT2D eigenvalue weighted by Crippen LogP contribution is -2.31. The summed E-state index contributed by atoms with van der Waals surface area (Å²) in [5.74, 6) is 1.22. The van der Waals surface area contributed by atoms with Gasteiger partial charge in [0.1, 0.15) is 5.69 Å². The highest BCUT2D eigenvalue weighted by atomic mass is 16.1. The van der Waals surface area contributed by atoms with E-state index in [1.165, 1.54) is 25.7 Å². The fraction of sp³-hybridized carbons (Fsp3) is 0.533. The zero-order valence-electron chi connectivity index (χ0n) is 12.5. The van der Waals surface area contributed by atoms with E-state index in [-0.39, 0.29) is 5.91 Å². The highest BCUT2D eigenvalue weighted by Gasteiger charge is 2.53. The Balaban J connectivity index is 1.46. The third-order valence-electron chi connectivity index (χ3n) is 4.84. The number of pyridine rings is 1. The Morgan fingerprint density at radius 1 is 1.41 bits per heavy atom. The SMILES string of the molecule is Cc1nc(C(=O)NCC2(C3CC3)CC2)ccc1-c1nn[nH]n1. The molecule has 0 atom stereocenters. The van der Waals surface area contributed by atoms with Gasteiger partial charge in [0, 0.05) is 17.8 Å². The Labute approximate surface area is 127 Å². The van der Waals surface area contributed by atoms with E-state index in [1.54, 1.807) is 6.07 Å². The van der Waals surface area contributed by atoms with Gasteiger partial charge in [-0.3, -0.25) is 4.79 Å².